The van der Waals surface area contributed by atoms with Gasteiger partial charge in [0.15, 0.2) is 0 Å². The first kappa shape index (κ1) is 56.8. The van der Waals surface area contributed by atoms with Gasteiger partial charge in [0, 0.05) is 19.8 Å². The predicted molar refractivity (Wildman–Crippen MR) is 265 cm³/mol. The van der Waals surface area contributed by atoms with E-state index < -0.39 is 0 Å². The van der Waals surface area contributed by atoms with Crippen LogP contribution in [-0.2, 0) is 4.74 Å². The maximum Gasteiger partial charge on any atom is 0.0495 e. The zero-order chi connectivity index (χ0) is 44.0. The topological polar surface area (TPSA) is 39.8 Å². The zero-order valence-corrected chi connectivity index (χ0v) is 43.0. The average Bonchev–Trinajstić information content (AvgIpc) is 3.95. The Balaban J connectivity index is 0.000000354. The molecule has 3 unspecified atom stereocenters. The Morgan fingerprint density at radius 2 is 0.797 bits per heavy atom. The number of likely N-dealkylation sites (tertiary alicyclic amines) is 2. The Morgan fingerprint density at radius 3 is 1.22 bits per heavy atom. The molecule has 5 saturated heterocycles. The summed E-state index contributed by atoms with van der Waals surface area (Å²) >= 11 is 0. The lowest BCUT2D eigenvalue weighted by Gasteiger charge is -2.29. The minimum absolute atomic E-state index is 0.844. The molecule has 0 aromatic heterocycles. The third-order valence-electron chi connectivity index (χ3n) is 13.5. The lowest BCUT2D eigenvalue weighted by molar-refractivity contribution is 0.181. The van der Waals surface area contributed by atoms with Crippen LogP contribution in [-0.4, -0.2) is 89.5 Å². The second-order valence-corrected chi connectivity index (χ2v) is 23.2. The second kappa shape index (κ2) is 35.2. The number of piperidine rings is 2. The highest BCUT2D eigenvalue weighted by atomic mass is 16.5. The van der Waals surface area contributed by atoms with Gasteiger partial charge in [-0.15, -0.1) is 0 Å². The van der Waals surface area contributed by atoms with Gasteiger partial charge in [0.2, 0.25) is 0 Å². The summed E-state index contributed by atoms with van der Waals surface area (Å²) in [4.78, 5) is 4.88. The van der Waals surface area contributed by atoms with Crippen molar-refractivity contribution < 1.29 is 4.74 Å². The lowest BCUT2D eigenvalue weighted by Crippen LogP contribution is -2.30. The van der Waals surface area contributed by atoms with Gasteiger partial charge in [-0.25, -0.2) is 0 Å². The summed E-state index contributed by atoms with van der Waals surface area (Å²) in [6.45, 7) is 40.1. The van der Waals surface area contributed by atoms with Crippen molar-refractivity contribution >= 4 is 0 Å². The molecule has 5 nitrogen and oxygen atoms in total. The molecule has 0 bridgehead atoms. The minimum Gasteiger partial charge on any atom is -0.381 e. The molecule has 0 spiro atoms. The molecule has 0 aromatic carbocycles. The van der Waals surface area contributed by atoms with Gasteiger partial charge in [-0.2, -0.15) is 0 Å². The van der Waals surface area contributed by atoms with Crippen molar-refractivity contribution in [3.8, 4) is 0 Å². The summed E-state index contributed by atoms with van der Waals surface area (Å²) < 4.78 is 5.26. The largest absolute Gasteiger partial charge is 0.381 e. The third-order valence-corrected chi connectivity index (χ3v) is 13.5. The van der Waals surface area contributed by atoms with Crippen LogP contribution in [0.5, 0.6) is 0 Å². The van der Waals surface area contributed by atoms with Crippen LogP contribution in [0.4, 0.5) is 0 Å². The van der Waals surface area contributed by atoms with Gasteiger partial charge in [-0.3, -0.25) is 0 Å². The molecule has 2 N–H and O–H groups in total. The summed E-state index contributed by atoms with van der Waals surface area (Å²) in [6.07, 6.45) is 25.8. The minimum atomic E-state index is 0.844. The van der Waals surface area contributed by atoms with Crippen molar-refractivity contribution in [2.45, 2.75) is 199 Å². The van der Waals surface area contributed by atoms with Crippen LogP contribution in [0, 0.1) is 71.0 Å². The SMILES string of the molecule is CC(C)CC1CCCCC1.CC(C)CC1CCN(C)C1.CC(C)CC1CCN(C)CC1.CC(C)CC1CCNC1.CC(C)CC1CCNCC1.CC(C)CC1CCOC1. The summed E-state index contributed by atoms with van der Waals surface area (Å²) in [5, 5.41) is 6.77. The highest BCUT2D eigenvalue weighted by Crippen LogP contribution is 2.29. The smallest absolute Gasteiger partial charge is 0.0495 e. The molecule has 0 radical (unpaired) electrons. The Hall–Kier alpha value is -0.200. The summed E-state index contributed by atoms with van der Waals surface area (Å²) in [5.74, 6) is 11.3. The van der Waals surface area contributed by atoms with Crippen molar-refractivity contribution in [2.24, 2.45) is 71.0 Å². The van der Waals surface area contributed by atoms with Crippen LogP contribution in [0.2, 0.25) is 0 Å². The van der Waals surface area contributed by atoms with E-state index in [0.29, 0.717) is 0 Å². The quantitative estimate of drug-likeness (QED) is 0.205. The average molecular weight is 834 g/mol. The van der Waals surface area contributed by atoms with Crippen LogP contribution in [0.1, 0.15) is 199 Å². The molecule has 1 saturated carbocycles. The molecule has 6 aliphatic rings. The maximum absolute atomic E-state index is 5.26. The van der Waals surface area contributed by atoms with Gasteiger partial charge in [-0.05, 0) is 214 Å². The summed E-state index contributed by atoms with van der Waals surface area (Å²) in [6, 6.07) is 0. The van der Waals surface area contributed by atoms with Gasteiger partial charge in [0.1, 0.15) is 0 Å². The van der Waals surface area contributed by atoms with Crippen molar-refractivity contribution in [3.05, 3.63) is 0 Å². The van der Waals surface area contributed by atoms with Crippen molar-refractivity contribution in [2.75, 3.05) is 79.7 Å². The van der Waals surface area contributed by atoms with E-state index in [1.807, 2.05) is 0 Å². The van der Waals surface area contributed by atoms with Crippen LogP contribution < -0.4 is 10.6 Å². The van der Waals surface area contributed by atoms with Gasteiger partial charge < -0.3 is 25.2 Å². The Kier molecular flexibility index (Phi) is 33.9. The number of rotatable bonds is 12. The summed E-state index contributed by atoms with van der Waals surface area (Å²) in [5.41, 5.74) is 0. The Labute approximate surface area is 373 Å². The number of hydrogen-bond donors (Lipinski definition) is 2. The van der Waals surface area contributed by atoms with E-state index in [2.05, 4.69) is 118 Å². The fourth-order valence-corrected chi connectivity index (χ4v) is 10.7. The Morgan fingerprint density at radius 1 is 0.407 bits per heavy atom. The lowest BCUT2D eigenvalue weighted by atomic mass is 9.84. The van der Waals surface area contributed by atoms with E-state index >= 15 is 0 Å². The van der Waals surface area contributed by atoms with Crippen molar-refractivity contribution in [1.82, 2.24) is 20.4 Å². The molecule has 354 valence electrons. The number of nitrogens with one attached hydrogen (secondary N) is 2. The van der Waals surface area contributed by atoms with Crippen molar-refractivity contribution in [3.63, 3.8) is 0 Å². The van der Waals surface area contributed by atoms with E-state index in [1.54, 1.807) is 0 Å². The first-order valence-corrected chi connectivity index (χ1v) is 26.4. The van der Waals surface area contributed by atoms with Crippen LogP contribution >= 0.6 is 0 Å². The molecule has 3 atom stereocenters. The highest BCUT2D eigenvalue weighted by Gasteiger charge is 2.21. The fourth-order valence-electron chi connectivity index (χ4n) is 10.7. The molecule has 0 aromatic rings. The first-order chi connectivity index (χ1) is 28.0. The van der Waals surface area contributed by atoms with Crippen LogP contribution in [0.15, 0.2) is 0 Å². The first-order valence-electron chi connectivity index (χ1n) is 26.4. The summed E-state index contributed by atoms with van der Waals surface area (Å²) in [7, 11) is 4.45. The molecule has 5 heterocycles. The van der Waals surface area contributed by atoms with E-state index in [-0.39, 0.29) is 0 Å². The number of ether oxygens (including phenoxy) is 1. The molecule has 59 heavy (non-hydrogen) atoms. The van der Waals surface area contributed by atoms with E-state index in [1.165, 1.54) is 168 Å². The van der Waals surface area contributed by atoms with E-state index in [0.717, 1.165) is 84.2 Å². The van der Waals surface area contributed by atoms with Gasteiger partial charge in [-0.1, -0.05) is 115 Å². The van der Waals surface area contributed by atoms with Crippen LogP contribution in [0.25, 0.3) is 0 Å². The normalized spacial score (nSPS) is 24.9. The van der Waals surface area contributed by atoms with Crippen LogP contribution in [0.3, 0.4) is 0 Å². The molecular weight excluding hydrogens is 721 g/mol. The fraction of sp³-hybridized carbons (Fsp3) is 1.00. The zero-order valence-electron chi connectivity index (χ0n) is 43.0. The monoisotopic (exact) mass is 833 g/mol. The molecule has 6 rings (SSSR count). The maximum atomic E-state index is 5.26. The molecule has 0 amide bonds. The predicted octanol–water partition coefficient (Wildman–Crippen LogP) is 13.7. The second-order valence-electron chi connectivity index (χ2n) is 23.2. The molecule has 1 aliphatic carbocycles. The van der Waals surface area contributed by atoms with Gasteiger partial charge >= 0.3 is 0 Å². The number of nitrogens with zero attached hydrogens (tertiary/aromatic N) is 2. The van der Waals surface area contributed by atoms with E-state index in [9.17, 15) is 0 Å². The third kappa shape index (κ3) is 34.0. The van der Waals surface area contributed by atoms with Gasteiger partial charge in [0.05, 0.1) is 0 Å². The van der Waals surface area contributed by atoms with Gasteiger partial charge in [0.25, 0.3) is 0 Å². The molecular formula is C54H112N4O. The molecule has 6 fully saturated rings. The molecule has 5 aliphatic heterocycles. The standard InChI is InChI=1S/C10H21N.C10H20.2C9H19N.C8H17N.C8H16O/c1-9(2)8-10-4-6-11(3)7-5-10;1-9(2)8-10-6-4-3-5-7-10;1-8(2)6-9-4-5-10(3)7-9;1-8(2)7-9-3-5-10-6-4-9;2*1-7(2)5-8-3-4-9-6-8/h9-10H,4-8H2,1-3H3;9-10H,3-8H2,1-2H3;8-9H,4-7H2,1-3H3;8-10H,3-7H2,1-2H3;7-9H,3-6H2,1-2H3;7-8H,3-6H2,1-2H3. The number of hydrogen-bond acceptors (Lipinski definition) is 5. The van der Waals surface area contributed by atoms with E-state index in [4.69, 9.17) is 4.74 Å². The Bertz CT molecular complexity index is 827. The molecule has 5 heteroatoms. The van der Waals surface area contributed by atoms with Crippen molar-refractivity contribution in [1.29, 1.82) is 0 Å². The highest BCUT2D eigenvalue weighted by molar-refractivity contribution is 4.75.